The number of aliphatic hydroxyl groups excluding tert-OH is 1. The second-order valence-electron chi connectivity index (χ2n) is 5.40. The normalized spacial score (nSPS) is 12.6. The quantitative estimate of drug-likeness (QED) is 0.900. The van der Waals surface area contributed by atoms with Crippen molar-refractivity contribution in [2.24, 2.45) is 0 Å². The third-order valence-corrected chi connectivity index (χ3v) is 4.38. The van der Waals surface area contributed by atoms with E-state index in [-0.39, 0.29) is 12.0 Å². The smallest absolute Gasteiger partial charge is 0.0964 e. The minimum absolute atomic E-state index is 0.140. The number of hydrogen-bond donors (Lipinski definition) is 1. The second-order valence-corrected chi connectivity index (χ2v) is 6.46. The molecule has 0 unspecified atom stereocenters. The van der Waals surface area contributed by atoms with Gasteiger partial charge in [-0.3, -0.25) is 0 Å². The van der Waals surface area contributed by atoms with Gasteiger partial charge in [-0.25, -0.2) is 4.98 Å². The number of thiazole rings is 1. The van der Waals surface area contributed by atoms with Crippen LogP contribution in [0.2, 0.25) is 0 Å². The van der Waals surface area contributed by atoms with E-state index in [0.717, 1.165) is 11.1 Å². The molecule has 0 aliphatic rings. The first-order valence-corrected chi connectivity index (χ1v) is 6.78. The van der Waals surface area contributed by atoms with Crippen LogP contribution in [0.25, 0.3) is 10.2 Å². The molecule has 1 heterocycles. The molecule has 2 rings (SSSR count). The average molecular weight is 249 g/mol. The number of aromatic nitrogens is 1. The van der Waals surface area contributed by atoms with E-state index < -0.39 is 0 Å². The van der Waals surface area contributed by atoms with Gasteiger partial charge in [-0.05, 0) is 11.6 Å². The van der Waals surface area contributed by atoms with Crippen LogP contribution >= 0.6 is 11.3 Å². The Morgan fingerprint density at radius 3 is 2.65 bits per heavy atom. The maximum atomic E-state index is 9.50. The van der Waals surface area contributed by atoms with Gasteiger partial charge in [0.05, 0.1) is 21.8 Å². The molecule has 92 valence electrons. The zero-order valence-corrected chi connectivity index (χ0v) is 11.6. The lowest BCUT2D eigenvalue weighted by Crippen LogP contribution is -2.22. The molecule has 1 N–H and O–H groups in total. The third kappa shape index (κ3) is 2.22. The van der Waals surface area contributed by atoms with Crippen LogP contribution < -0.4 is 0 Å². The summed E-state index contributed by atoms with van der Waals surface area (Å²) in [6.07, 6.45) is 0. The Morgan fingerprint density at radius 1 is 1.35 bits per heavy atom. The third-order valence-electron chi connectivity index (χ3n) is 3.05. The first kappa shape index (κ1) is 12.5. The molecule has 0 fully saturated rings. The summed E-state index contributed by atoms with van der Waals surface area (Å²) >= 11 is 1.75. The molecule has 0 aliphatic carbocycles. The maximum Gasteiger partial charge on any atom is 0.0964 e. The van der Waals surface area contributed by atoms with Gasteiger partial charge in [0.2, 0.25) is 0 Å². The standard InChI is InChI=1S/C14H19NOS/c1-9(2)13-15-12-10(14(3,4)8-16)6-5-7-11(12)17-13/h5-7,9,16H,8H2,1-4H3. The van der Waals surface area contributed by atoms with Gasteiger partial charge in [-0.15, -0.1) is 11.3 Å². The Labute approximate surface area is 106 Å². The summed E-state index contributed by atoms with van der Waals surface area (Å²) in [5, 5.41) is 10.7. The number of fused-ring (bicyclic) bond motifs is 1. The lowest BCUT2D eigenvalue weighted by molar-refractivity contribution is 0.219. The molecule has 0 spiro atoms. The maximum absolute atomic E-state index is 9.50. The second kappa shape index (κ2) is 4.39. The van der Waals surface area contributed by atoms with Crippen molar-refractivity contribution in [3.8, 4) is 0 Å². The molecule has 2 nitrogen and oxygen atoms in total. The number of nitrogens with zero attached hydrogens (tertiary/aromatic N) is 1. The van der Waals surface area contributed by atoms with Crippen LogP contribution in [0.15, 0.2) is 18.2 Å². The summed E-state index contributed by atoms with van der Waals surface area (Å²) in [5.41, 5.74) is 1.96. The number of benzene rings is 1. The van der Waals surface area contributed by atoms with E-state index in [4.69, 9.17) is 4.98 Å². The number of hydrogen-bond acceptors (Lipinski definition) is 3. The summed E-state index contributed by atoms with van der Waals surface area (Å²) in [5.74, 6) is 0.456. The molecule has 17 heavy (non-hydrogen) atoms. The Kier molecular flexibility index (Phi) is 3.23. The highest BCUT2D eigenvalue weighted by Gasteiger charge is 2.23. The van der Waals surface area contributed by atoms with E-state index >= 15 is 0 Å². The van der Waals surface area contributed by atoms with Crippen molar-refractivity contribution in [1.29, 1.82) is 0 Å². The van der Waals surface area contributed by atoms with Crippen LogP contribution in [0, 0.1) is 0 Å². The molecule has 3 heteroatoms. The molecule has 0 saturated heterocycles. The van der Waals surface area contributed by atoms with E-state index in [0.29, 0.717) is 5.92 Å². The van der Waals surface area contributed by atoms with Gasteiger partial charge in [0.1, 0.15) is 0 Å². The van der Waals surface area contributed by atoms with Gasteiger partial charge in [-0.1, -0.05) is 39.8 Å². The monoisotopic (exact) mass is 249 g/mol. The van der Waals surface area contributed by atoms with Crippen LogP contribution in [-0.2, 0) is 5.41 Å². The fourth-order valence-electron chi connectivity index (χ4n) is 1.84. The van der Waals surface area contributed by atoms with Crippen LogP contribution in [0.5, 0.6) is 0 Å². The minimum Gasteiger partial charge on any atom is -0.395 e. The van der Waals surface area contributed by atoms with Crippen LogP contribution in [-0.4, -0.2) is 16.7 Å². The molecule has 1 aromatic heterocycles. The summed E-state index contributed by atoms with van der Waals surface area (Å²) in [6, 6.07) is 6.23. The molecule has 0 atom stereocenters. The summed E-state index contributed by atoms with van der Waals surface area (Å²) in [4.78, 5) is 4.73. The van der Waals surface area contributed by atoms with Crippen LogP contribution in [0.3, 0.4) is 0 Å². The highest BCUT2D eigenvalue weighted by atomic mass is 32.1. The van der Waals surface area contributed by atoms with Gasteiger partial charge in [0.15, 0.2) is 0 Å². The van der Waals surface area contributed by atoms with Crippen LogP contribution in [0.4, 0.5) is 0 Å². The van der Waals surface area contributed by atoms with Crippen LogP contribution in [0.1, 0.15) is 44.2 Å². The van der Waals surface area contributed by atoms with Crippen molar-refractivity contribution in [1.82, 2.24) is 4.98 Å². The van der Waals surface area contributed by atoms with Gasteiger partial charge in [0, 0.05) is 11.3 Å². The molecule has 1 aromatic carbocycles. The zero-order valence-electron chi connectivity index (χ0n) is 10.8. The van der Waals surface area contributed by atoms with Crippen molar-refractivity contribution >= 4 is 21.6 Å². The molecule has 0 saturated carbocycles. The minimum atomic E-state index is -0.234. The van der Waals surface area contributed by atoms with Crippen molar-refractivity contribution in [2.75, 3.05) is 6.61 Å². The van der Waals surface area contributed by atoms with Gasteiger partial charge >= 0.3 is 0 Å². The Balaban J connectivity index is 2.65. The lowest BCUT2D eigenvalue weighted by atomic mass is 9.85. The predicted octanol–water partition coefficient (Wildman–Crippen LogP) is 3.69. The van der Waals surface area contributed by atoms with Crippen molar-refractivity contribution in [2.45, 2.75) is 39.0 Å². The Bertz CT molecular complexity index is 528. The first-order chi connectivity index (χ1) is 7.95. The highest BCUT2D eigenvalue weighted by molar-refractivity contribution is 7.18. The van der Waals surface area contributed by atoms with E-state index in [2.05, 4.69) is 45.9 Å². The topological polar surface area (TPSA) is 33.1 Å². The molecule has 0 radical (unpaired) electrons. The average Bonchev–Trinajstić information content (AvgIpc) is 2.72. The van der Waals surface area contributed by atoms with E-state index in [1.165, 1.54) is 9.71 Å². The SMILES string of the molecule is CC(C)c1nc2c(C(C)(C)CO)cccc2s1. The molecular formula is C14H19NOS. The van der Waals surface area contributed by atoms with Gasteiger partial charge in [0.25, 0.3) is 0 Å². The fraction of sp³-hybridized carbons (Fsp3) is 0.500. The molecule has 2 aromatic rings. The number of aliphatic hydroxyl groups is 1. The van der Waals surface area contributed by atoms with Crippen molar-refractivity contribution in [3.63, 3.8) is 0 Å². The van der Waals surface area contributed by atoms with Gasteiger partial charge < -0.3 is 5.11 Å². The molecule has 0 bridgehead atoms. The summed E-state index contributed by atoms with van der Waals surface area (Å²) in [6.45, 7) is 8.57. The molecule has 0 aliphatic heterocycles. The zero-order chi connectivity index (χ0) is 12.6. The van der Waals surface area contributed by atoms with E-state index in [9.17, 15) is 5.11 Å². The first-order valence-electron chi connectivity index (χ1n) is 5.96. The van der Waals surface area contributed by atoms with E-state index in [1.807, 2.05) is 0 Å². The van der Waals surface area contributed by atoms with E-state index in [1.54, 1.807) is 11.3 Å². The fourth-order valence-corrected chi connectivity index (χ4v) is 2.84. The van der Waals surface area contributed by atoms with Gasteiger partial charge in [-0.2, -0.15) is 0 Å². The predicted molar refractivity (Wildman–Crippen MR) is 73.8 cm³/mol. The summed E-state index contributed by atoms with van der Waals surface area (Å²) < 4.78 is 1.22. The largest absolute Gasteiger partial charge is 0.395 e. The number of rotatable bonds is 3. The highest BCUT2D eigenvalue weighted by Crippen LogP contribution is 2.34. The molecule has 0 amide bonds. The Hall–Kier alpha value is -0.930. The Morgan fingerprint density at radius 2 is 2.06 bits per heavy atom. The lowest BCUT2D eigenvalue weighted by Gasteiger charge is -2.22. The number of para-hydroxylation sites is 1. The van der Waals surface area contributed by atoms with Crippen molar-refractivity contribution < 1.29 is 5.11 Å². The summed E-state index contributed by atoms with van der Waals surface area (Å²) in [7, 11) is 0. The molecular weight excluding hydrogens is 230 g/mol. The van der Waals surface area contributed by atoms with Crippen molar-refractivity contribution in [3.05, 3.63) is 28.8 Å².